The molecule has 3 aromatic carbocycles. The third-order valence-electron chi connectivity index (χ3n) is 10.6. The number of sulfone groups is 2. The number of carbonyl (C=O) groups excluding carboxylic acids is 3. The molecule has 7 rings (SSSR count). The second-order valence-electron chi connectivity index (χ2n) is 16.0. The fraction of sp³-hybridized carbons (Fsp3) is 0.326. The van der Waals surface area contributed by atoms with Crippen LogP contribution < -0.4 is 47.9 Å². The van der Waals surface area contributed by atoms with Gasteiger partial charge in [-0.3, -0.25) is 14.4 Å². The minimum atomic E-state index is -3.34. The summed E-state index contributed by atoms with van der Waals surface area (Å²) in [5.41, 5.74) is 19.6. The SMILES string of the molecule is CN(C)c1ccc(C(=O)N[C@@H]2CCCN(c3cnc(C(N)=O)c(Nc4ccc(S(C)(=O)=O)cc4)n3)C2)cc1.CS(=O)(=O)c1ccc(Nc2nc(N3CCC[C@@H](N)C3)cnc2C(N)=O)cc1. The van der Waals surface area contributed by atoms with E-state index in [4.69, 9.17) is 17.2 Å². The largest absolute Gasteiger partial charge is 0.378 e. The van der Waals surface area contributed by atoms with E-state index in [9.17, 15) is 31.2 Å². The summed E-state index contributed by atoms with van der Waals surface area (Å²) < 4.78 is 46.6. The van der Waals surface area contributed by atoms with Crippen molar-refractivity contribution < 1.29 is 31.2 Å². The van der Waals surface area contributed by atoms with Crippen molar-refractivity contribution in [3.63, 3.8) is 0 Å². The van der Waals surface area contributed by atoms with Gasteiger partial charge in [0.1, 0.15) is 11.6 Å². The number of piperidine rings is 2. The Morgan fingerprint density at radius 2 is 1.11 bits per heavy atom. The molecule has 2 aliphatic heterocycles. The van der Waals surface area contributed by atoms with Crippen LogP contribution in [0.5, 0.6) is 0 Å². The highest BCUT2D eigenvalue weighted by atomic mass is 32.2. The molecular formula is C43H53N13O7S2. The Morgan fingerprint density at radius 3 is 1.52 bits per heavy atom. The lowest BCUT2D eigenvalue weighted by molar-refractivity contribution is 0.0931. The van der Waals surface area contributed by atoms with Crippen molar-refractivity contribution >= 4 is 77.7 Å². The monoisotopic (exact) mass is 927 g/mol. The fourth-order valence-electron chi connectivity index (χ4n) is 7.14. The average Bonchev–Trinajstić information content (AvgIpc) is 3.26. The first-order valence-electron chi connectivity index (χ1n) is 20.6. The first-order chi connectivity index (χ1) is 30.7. The lowest BCUT2D eigenvalue weighted by atomic mass is 10.0. The van der Waals surface area contributed by atoms with Crippen molar-refractivity contribution in [2.45, 2.75) is 47.6 Å². The Kier molecular flexibility index (Phi) is 14.8. The van der Waals surface area contributed by atoms with Crippen molar-refractivity contribution in [3.05, 3.63) is 102 Å². The lowest BCUT2D eigenvalue weighted by Crippen LogP contribution is -2.48. The third kappa shape index (κ3) is 12.6. The summed E-state index contributed by atoms with van der Waals surface area (Å²) in [6.45, 7) is 2.69. The molecule has 9 N–H and O–H groups in total. The predicted octanol–water partition coefficient (Wildman–Crippen LogP) is 2.84. The van der Waals surface area contributed by atoms with E-state index in [1.165, 1.54) is 36.7 Å². The first kappa shape index (κ1) is 47.6. The molecule has 2 atom stereocenters. The number of aromatic nitrogens is 4. The van der Waals surface area contributed by atoms with Crippen LogP contribution in [0.4, 0.5) is 40.3 Å². The fourth-order valence-corrected chi connectivity index (χ4v) is 8.41. The minimum absolute atomic E-state index is 0.00671. The molecule has 0 bridgehead atoms. The number of nitrogens with zero attached hydrogens (tertiary/aromatic N) is 7. The summed E-state index contributed by atoms with van der Waals surface area (Å²) in [4.78, 5) is 60.4. The van der Waals surface area contributed by atoms with Gasteiger partial charge in [0.25, 0.3) is 17.7 Å². The normalized spacial score (nSPS) is 16.4. The first-order valence-corrected chi connectivity index (χ1v) is 24.3. The number of anilines is 7. The van der Waals surface area contributed by atoms with Gasteiger partial charge in [-0.2, -0.15) is 0 Å². The van der Waals surface area contributed by atoms with Gasteiger partial charge in [0.05, 0.1) is 22.2 Å². The van der Waals surface area contributed by atoms with Crippen LogP contribution in [0.15, 0.2) is 95.0 Å². The maximum atomic E-state index is 12.8. The smallest absolute Gasteiger partial charge is 0.271 e. The Labute approximate surface area is 377 Å². The van der Waals surface area contributed by atoms with Gasteiger partial charge >= 0.3 is 0 Å². The van der Waals surface area contributed by atoms with Crippen LogP contribution in [-0.4, -0.2) is 119 Å². The predicted molar refractivity (Wildman–Crippen MR) is 250 cm³/mol. The zero-order valence-corrected chi connectivity index (χ0v) is 38.1. The molecule has 65 heavy (non-hydrogen) atoms. The highest BCUT2D eigenvalue weighted by Gasteiger charge is 2.25. The molecule has 4 heterocycles. The molecule has 20 nitrogen and oxygen atoms in total. The second-order valence-corrected chi connectivity index (χ2v) is 20.0. The molecule has 0 saturated carbocycles. The Bertz CT molecular complexity index is 2740. The summed E-state index contributed by atoms with van der Waals surface area (Å²) in [7, 11) is -2.74. The van der Waals surface area contributed by atoms with E-state index < -0.39 is 31.5 Å². The zero-order chi connectivity index (χ0) is 47.1. The molecule has 2 saturated heterocycles. The Hall–Kier alpha value is -6.91. The van der Waals surface area contributed by atoms with Gasteiger partial charge in [-0.05, 0) is 98.5 Å². The number of benzene rings is 3. The molecule has 2 fully saturated rings. The maximum absolute atomic E-state index is 12.8. The second kappa shape index (κ2) is 20.3. The van der Waals surface area contributed by atoms with E-state index in [0.717, 1.165) is 50.4 Å². The van der Waals surface area contributed by atoms with E-state index in [1.807, 2.05) is 40.9 Å². The highest BCUT2D eigenvalue weighted by Crippen LogP contribution is 2.26. The number of amides is 3. The molecule has 0 aliphatic carbocycles. The van der Waals surface area contributed by atoms with Crippen molar-refractivity contribution in [2.75, 3.05) is 78.1 Å². The number of carbonyl (C=O) groups is 3. The summed E-state index contributed by atoms with van der Waals surface area (Å²) in [6.07, 6.45) is 8.83. The summed E-state index contributed by atoms with van der Waals surface area (Å²) >= 11 is 0. The summed E-state index contributed by atoms with van der Waals surface area (Å²) in [6, 6.07) is 19.6. The van der Waals surface area contributed by atoms with Crippen LogP contribution in [-0.2, 0) is 19.7 Å². The number of nitrogens with two attached hydrogens (primary N) is 3. The topological polar surface area (TPSA) is 295 Å². The Morgan fingerprint density at radius 1 is 0.662 bits per heavy atom. The number of hydrogen-bond donors (Lipinski definition) is 6. The number of hydrogen-bond acceptors (Lipinski definition) is 17. The summed E-state index contributed by atoms with van der Waals surface area (Å²) in [5.74, 6) is -0.0920. The summed E-state index contributed by atoms with van der Waals surface area (Å²) in [5, 5.41) is 9.12. The lowest BCUT2D eigenvalue weighted by Gasteiger charge is -2.34. The van der Waals surface area contributed by atoms with E-state index >= 15 is 0 Å². The van der Waals surface area contributed by atoms with Crippen LogP contribution in [0.25, 0.3) is 0 Å². The van der Waals surface area contributed by atoms with E-state index in [2.05, 4.69) is 35.9 Å². The number of rotatable bonds is 13. The van der Waals surface area contributed by atoms with Crippen LogP contribution in [0.3, 0.4) is 0 Å². The molecule has 0 radical (unpaired) electrons. The average molecular weight is 928 g/mol. The maximum Gasteiger partial charge on any atom is 0.271 e. The molecule has 0 unspecified atom stereocenters. The molecule has 5 aromatic rings. The molecule has 3 amide bonds. The van der Waals surface area contributed by atoms with Crippen molar-refractivity contribution in [2.24, 2.45) is 17.2 Å². The van der Waals surface area contributed by atoms with Gasteiger partial charge in [-0.15, -0.1) is 0 Å². The zero-order valence-electron chi connectivity index (χ0n) is 36.4. The van der Waals surface area contributed by atoms with Gasteiger partial charge in [0, 0.05) is 87.5 Å². The van der Waals surface area contributed by atoms with Crippen molar-refractivity contribution in [1.29, 1.82) is 0 Å². The standard InChI is InChI=1S/C26H31N7O4S.C17H22N6O3S/c1-32(2)20-10-6-17(7-11-20)26(35)30-19-5-4-14-33(16-19)22-15-28-23(24(27)34)25(31-22)29-18-8-12-21(13-9-18)38(3,36)37;1-27(25,26)13-6-4-12(5-7-13)21-17-15(16(19)24)20-9-14(22-17)23-8-2-3-11(18)10-23/h6-13,15,19H,4-5,14,16H2,1-3H3,(H2,27,34)(H,29,31)(H,30,35);4-7,9,11H,2-3,8,10,18H2,1H3,(H2,19,24)(H,21,22)/t19-;11-/m11/s1. The molecular weight excluding hydrogens is 875 g/mol. The molecule has 22 heteroatoms. The number of nitrogens with one attached hydrogen (secondary N) is 3. The Balaban J connectivity index is 0.000000228. The van der Waals surface area contributed by atoms with Crippen LogP contribution in [0.1, 0.15) is 57.0 Å². The highest BCUT2D eigenvalue weighted by molar-refractivity contribution is 7.91. The van der Waals surface area contributed by atoms with Crippen molar-refractivity contribution in [1.82, 2.24) is 25.3 Å². The quantitative estimate of drug-likeness (QED) is 0.0989. The molecule has 0 spiro atoms. The van der Waals surface area contributed by atoms with E-state index in [1.54, 1.807) is 36.4 Å². The van der Waals surface area contributed by atoms with Gasteiger partial charge in [0.15, 0.2) is 42.7 Å². The van der Waals surface area contributed by atoms with Crippen LogP contribution in [0.2, 0.25) is 0 Å². The van der Waals surface area contributed by atoms with Crippen LogP contribution >= 0.6 is 0 Å². The molecule has 344 valence electrons. The minimum Gasteiger partial charge on any atom is -0.378 e. The van der Waals surface area contributed by atoms with E-state index in [-0.39, 0.29) is 50.8 Å². The van der Waals surface area contributed by atoms with Gasteiger partial charge in [0.2, 0.25) is 0 Å². The van der Waals surface area contributed by atoms with Crippen LogP contribution in [0, 0.1) is 0 Å². The number of primary amides is 2. The van der Waals surface area contributed by atoms with Gasteiger partial charge in [-0.25, -0.2) is 36.8 Å². The molecule has 2 aliphatic rings. The van der Waals surface area contributed by atoms with Crippen molar-refractivity contribution in [3.8, 4) is 0 Å². The van der Waals surface area contributed by atoms with E-state index in [0.29, 0.717) is 48.2 Å². The van der Waals surface area contributed by atoms with Gasteiger partial charge < -0.3 is 47.9 Å². The van der Waals surface area contributed by atoms with Gasteiger partial charge in [-0.1, -0.05) is 0 Å². The third-order valence-corrected chi connectivity index (χ3v) is 12.8. The molecule has 2 aromatic heterocycles.